The summed E-state index contributed by atoms with van der Waals surface area (Å²) in [6, 6.07) is 25.8. The summed E-state index contributed by atoms with van der Waals surface area (Å²) in [5.41, 5.74) is 3.75. The zero-order valence-corrected chi connectivity index (χ0v) is 21.1. The first-order valence-corrected chi connectivity index (χ1v) is 12.1. The van der Waals surface area contributed by atoms with Gasteiger partial charge in [0.2, 0.25) is 11.8 Å². The quantitative estimate of drug-likeness (QED) is 0.270. The van der Waals surface area contributed by atoms with E-state index in [-0.39, 0.29) is 36.5 Å². The topological polar surface area (TPSA) is 67.2 Å². The molecule has 8 heteroatoms. The summed E-state index contributed by atoms with van der Waals surface area (Å²) in [6.45, 7) is 0. The van der Waals surface area contributed by atoms with Crippen LogP contribution in [0.4, 0.5) is 21.5 Å². The minimum absolute atomic E-state index is 0. The number of halogens is 2. The predicted molar refractivity (Wildman–Crippen MR) is 149 cm³/mol. The fraction of sp³-hybridized carbons (Fsp3) is 0.100. The Balaban J connectivity index is 0.00000294. The van der Waals surface area contributed by atoms with Crippen LogP contribution in [-0.2, 0) is 22.4 Å². The molecule has 38 heavy (non-hydrogen) atoms. The average Bonchev–Trinajstić information content (AvgIpc) is 3.33. The number of imidazole rings is 1. The molecule has 0 aliphatic carbocycles. The van der Waals surface area contributed by atoms with E-state index < -0.39 is 0 Å². The molecule has 0 atom stereocenters. The van der Waals surface area contributed by atoms with Crippen LogP contribution in [0.2, 0.25) is 0 Å². The van der Waals surface area contributed by atoms with Gasteiger partial charge in [0.05, 0.1) is 11.4 Å². The number of carbonyl (C=O) groups excluding carboxylic acids is 2. The minimum atomic E-state index is -0.330. The Kier molecular flexibility index (Phi) is 6.94. The van der Waals surface area contributed by atoms with Gasteiger partial charge in [-0.3, -0.25) is 14.5 Å². The van der Waals surface area contributed by atoms with Crippen molar-refractivity contribution in [1.29, 1.82) is 0 Å². The number of aromatic nitrogens is 2. The molecule has 2 amide bonds. The van der Waals surface area contributed by atoms with Crippen LogP contribution >= 0.6 is 12.4 Å². The Morgan fingerprint density at radius 3 is 2.47 bits per heavy atom. The summed E-state index contributed by atoms with van der Waals surface area (Å²) in [5.74, 6) is -0.0128. The van der Waals surface area contributed by atoms with E-state index in [9.17, 15) is 14.0 Å². The van der Waals surface area contributed by atoms with Crippen molar-refractivity contribution in [2.45, 2.75) is 19.3 Å². The molecule has 0 spiro atoms. The van der Waals surface area contributed by atoms with E-state index in [1.54, 1.807) is 23.2 Å². The highest BCUT2D eigenvalue weighted by Gasteiger charge is 2.28. The van der Waals surface area contributed by atoms with Gasteiger partial charge in [-0.2, -0.15) is 0 Å². The number of hydrogen-bond donors (Lipinski definition) is 1. The molecular formula is C30H24ClFN4O2. The molecule has 0 saturated heterocycles. The first-order valence-electron chi connectivity index (χ1n) is 12.1. The van der Waals surface area contributed by atoms with E-state index >= 15 is 0 Å². The van der Waals surface area contributed by atoms with Gasteiger partial charge in [0.1, 0.15) is 18.1 Å². The smallest absolute Gasteiger partial charge is 0.241 e. The lowest BCUT2D eigenvalue weighted by Crippen LogP contribution is -2.26. The first kappa shape index (κ1) is 25.2. The second-order valence-corrected chi connectivity index (χ2v) is 8.99. The molecule has 1 aliphatic rings. The SMILES string of the molecule is Cl.O=C1CC(=O)N(c2ccc(-n3ccnc3CCc3cccc(F)c3)cc2)c2ccc3ccccc3c2N1. The summed E-state index contributed by atoms with van der Waals surface area (Å²) in [6.07, 6.45) is 4.71. The average molecular weight is 527 g/mol. The second-order valence-electron chi connectivity index (χ2n) is 8.99. The largest absolute Gasteiger partial charge is 0.323 e. The Morgan fingerprint density at radius 2 is 1.66 bits per heavy atom. The number of nitrogens with one attached hydrogen (secondary N) is 1. The lowest BCUT2D eigenvalue weighted by atomic mass is 10.1. The normalized spacial score (nSPS) is 13.0. The van der Waals surface area contributed by atoms with E-state index in [4.69, 9.17) is 0 Å². The van der Waals surface area contributed by atoms with Crippen LogP contribution in [-0.4, -0.2) is 21.4 Å². The van der Waals surface area contributed by atoms with E-state index in [0.717, 1.165) is 27.8 Å². The summed E-state index contributed by atoms with van der Waals surface area (Å²) < 4.78 is 15.5. The van der Waals surface area contributed by atoms with Crippen molar-refractivity contribution < 1.29 is 14.0 Å². The Labute approximate surface area is 225 Å². The maximum atomic E-state index is 13.5. The molecule has 0 saturated carbocycles. The van der Waals surface area contributed by atoms with Crippen LogP contribution in [0.1, 0.15) is 17.8 Å². The highest BCUT2D eigenvalue weighted by atomic mass is 35.5. The van der Waals surface area contributed by atoms with Crippen LogP contribution in [0.3, 0.4) is 0 Å². The number of carbonyl (C=O) groups is 2. The molecular weight excluding hydrogens is 503 g/mol. The summed E-state index contributed by atoms with van der Waals surface area (Å²) >= 11 is 0. The van der Waals surface area contributed by atoms with Crippen molar-refractivity contribution in [3.05, 3.63) is 115 Å². The highest BCUT2D eigenvalue weighted by molar-refractivity contribution is 6.21. The highest BCUT2D eigenvalue weighted by Crippen LogP contribution is 2.40. The van der Waals surface area contributed by atoms with Crippen LogP contribution in [0, 0.1) is 5.82 Å². The van der Waals surface area contributed by atoms with Crippen molar-refractivity contribution in [3.8, 4) is 5.69 Å². The van der Waals surface area contributed by atoms with Gasteiger partial charge in [0.25, 0.3) is 0 Å². The molecule has 1 N–H and O–H groups in total. The maximum Gasteiger partial charge on any atom is 0.241 e. The van der Waals surface area contributed by atoms with Crippen LogP contribution < -0.4 is 10.2 Å². The van der Waals surface area contributed by atoms with E-state index in [1.165, 1.54) is 6.07 Å². The molecule has 5 aromatic rings. The molecule has 4 aromatic carbocycles. The molecule has 0 unspecified atom stereocenters. The Hall–Kier alpha value is -4.49. The van der Waals surface area contributed by atoms with Crippen molar-refractivity contribution in [1.82, 2.24) is 9.55 Å². The van der Waals surface area contributed by atoms with Crippen molar-refractivity contribution in [3.63, 3.8) is 0 Å². The van der Waals surface area contributed by atoms with Crippen molar-refractivity contribution in [2.75, 3.05) is 10.2 Å². The number of nitrogens with zero attached hydrogens (tertiary/aromatic N) is 3. The standard InChI is InChI=1S/C30H23FN4O2.ClH/c31-22-6-3-4-20(18-22)8-15-27-32-16-17-34(27)23-10-12-24(13-11-23)35-26-14-9-21-5-1-2-7-25(21)30(26)33-28(36)19-29(35)37;/h1-7,9-14,16-18H,8,15,19H2,(H,33,36);1H. The van der Waals surface area contributed by atoms with Gasteiger partial charge in [-0.15, -0.1) is 12.4 Å². The second kappa shape index (κ2) is 10.5. The van der Waals surface area contributed by atoms with Gasteiger partial charge < -0.3 is 9.88 Å². The third kappa shape index (κ3) is 4.76. The Morgan fingerprint density at radius 1 is 0.868 bits per heavy atom. The molecule has 0 radical (unpaired) electrons. The molecule has 6 nitrogen and oxygen atoms in total. The molecule has 0 fully saturated rings. The number of amides is 2. The van der Waals surface area contributed by atoms with Crippen LogP contribution in [0.25, 0.3) is 16.5 Å². The molecule has 1 aliphatic heterocycles. The predicted octanol–water partition coefficient (Wildman–Crippen LogP) is 6.38. The summed E-state index contributed by atoms with van der Waals surface area (Å²) in [4.78, 5) is 31.8. The monoisotopic (exact) mass is 526 g/mol. The lowest BCUT2D eigenvalue weighted by Gasteiger charge is -2.23. The number of aryl methyl sites for hydroxylation is 2. The van der Waals surface area contributed by atoms with Gasteiger partial charge >= 0.3 is 0 Å². The number of benzene rings is 4. The van der Waals surface area contributed by atoms with E-state index in [0.29, 0.717) is 29.9 Å². The zero-order valence-electron chi connectivity index (χ0n) is 20.3. The van der Waals surface area contributed by atoms with E-state index in [1.807, 2.05) is 77.5 Å². The lowest BCUT2D eigenvalue weighted by molar-refractivity contribution is -0.124. The number of anilines is 3. The van der Waals surface area contributed by atoms with Crippen molar-refractivity contribution >= 4 is 52.1 Å². The maximum absolute atomic E-state index is 13.5. The van der Waals surface area contributed by atoms with Gasteiger partial charge in [-0.05, 0) is 59.8 Å². The minimum Gasteiger partial charge on any atom is -0.323 e. The summed E-state index contributed by atoms with van der Waals surface area (Å²) in [7, 11) is 0. The number of rotatable bonds is 5. The molecule has 2 heterocycles. The van der Waals surface area contributed by atoms with E-state index in [2.05, 4.69) is 10.3 Å². The first-order chi connectivity index (χ1) is 18.1. The molecule has 190 valence electrons. The number of hydrogen-bond acceptors (Lipinski definition) is 3. The third-order valence-corrected chi connectivity index (χ3v) is 6.60. The van der Waals surface area contributed by atoms with Gasteiger partial charge in [0, 0.05) is 35.6 Å². The van der Waals surface area contributed by atoms with Crippen LogP contribution in [0.5, 0.6) is 0 Å². The third-order valence-electron chi connectivity index (χ3n) is 6.60. The zero-order chi connectivity index (χ0) is 25.4. The van der Waals surface area contributed by atoms with Crippen LogP contribution in [0.15, 0.2) is 97.3 Å². The van der Waals surface area contributed by atoms with Crippen molar-refractivity contribution in [2.24, 2.45) is 0 Å². The fourth-order valence-electron chi connectivity index (χ4n) is 4.86. The number of fused-ring (bicyclic) bond motifs is 3. The molecule has 6 rings (SSSR count). The molecule has 0 bridgehead atoms. The summed E-state index contributed by atoms with van der Waals surface area (Å²) in [5, 5.41) is 4.79. The van der Waals surface area contributed by atoms with Gasteiger partial charge in [0.15, 0.2) is 0 Å². The molecule has 1 aromatic heterocycles. The Bertz CT molecular complexity index is 1650. The van der Waals surface area contributed by atoms with Gasteiger partial charge in [-0.25, -0.2) is 9.37 Å². The van der Waals surface area contributed by atoms with Gasteiger partial charge in [-0.1, -0.05) is 42.5 Å². The fourth-order valence-corrected chi connectivity index (χ4v) is 4.86.